The number of amides is 3. The van der Waals surface area contributed by atoms with Crippen molar-refractivity contribution >= 4 is 34.2 Å². The Bertz CT molecular complexity index is 935. The van der Waals surface area contributed by atoms with Crippen molar-refractivity contribution in [2.24, 2.45) is 5.73 Å². The lowest BCUT2D eigenvalue weighted by Crippen LogP contribution is -2.26. The van der Waals surface area contributed by atoms with Gasteiger partial charge in [0, 0.05) is 29.4 Å². The second-order valence-electron chi connectivity index (χ2n) is 5.94. The molecule has 3 amide bonds. The second-order valence-corrected chi connectivity index (χ2v) is 5.94. The summed E-state index contributed by atoms with van der Waals surface area (Å²) in [5.74, 6) is -0.165. The van der Waals surface area contributed by atoms with Crippen LogP contribution in [0.1, 0.15) is 16.8 Å². The number of carbonyl (C=O) groups excluding carboxylic acids is 2. The predicted molar refractivity (Wildman–Crippen MR) is 107 cm³/mol. The van der Waals surface area contributed by atoms with E-state index in [1.54, 1.807) is 36.5 Å². The molecule has 1 heterocycles. The van der Waals surface area contributed by atoms with E-state index in [9.17, 15) is 9.59 Å². The average Bonchev–Trinajstić information content (AvgIpc) is 2.69. The Balaban J connectivity index is 1.61. The molecule has 3 aromatic rings. The zero-order valence-corrected chi connectivity index (χ0v) is 14.7. The highest BCUT2D eigenvalue weighted by Gasteiger charge is 2.08. The zero-order valence-electron chi connectivity index (χ0n) is 14.7. The quantitative estimate of drug-likeness (QED) is 0.505. The molecule has 0 aliphatic heterocycles. The van der Waals surface area contributed by atoms with Crippen LogP contribution in [0, 0.1) is 0 Å². The molecule has 7 heteroatoms. The maximum Gasteiger partial charge on any atom is 0.323 e. The van der Waals surface area contributed by atoms with Gasteiger partial charge in [-0.25, -0.2) is 4.79 Å². The minimum absolute atomic E-state index is 0.165. The molecule has 0 saturated carbocycles. The molecule has 0 atom stereocenters. The summed E-state index contributed by atoms with van der Waals surface area (Å²) in [5, 5.41) is 9.28. The van der Waals surface area contributed by atoms with E-state index in [2.05, 4.69) is 20.9 Å². The Morgan fingerprint density at radius 1 is 0.963 bits per heavy atom. The predicted octanol–water partition coefficient (Wildman–Crippen LogP) is 2.96. The first kappa shape index (κ1) is 18.3. The van der Waals surface area contributed by atoms with Crippen molar-refractivity contribution < 1.29 is 9.59 Å². The number of para-hydroxylation sites is 1. The fraction of sp³-hybridized carbons (Fsp3) is 0.150. The molecule has 0 spiro atoms. The maximum atomic E-state index is 12.3. The summed E-state index contributed by atoms with van der Waals surface area (Å²) >= 11 is 0. The molecular formula is C20H21N5O2. The van der Waals surface area contributed by atoms with Gasteiger partial charge in [-0.3, -0.25) is 9.78 Å². The van der Waals surface area contributed by atoms with Gasteiger partial charge in [0.2, 0.25) is 0 Å². The molecule has 27 heavy (non-hydrogen) atoms. The second kappa shape index (κ2) is 8.77. The van der Waals surface area contributed by atoms with Gasteiger partial charge in [-0.2, -0.15) is 0 Å². The molecule has 3 rings (SSSR count). The Kier molecular flexibility index (Phi) is 5.96. The molecule has 5 N–H and O–H groups in total. The van der Waals surface area contributed by atoms with Crippen LogP contribution in [0.2, 0.25) is 0 Å². The van der Waals surface area contributed by atoms with E-state index in [-0.39, 0.29) is 11.9 Å². The topological polar surface area (TPSA) is 109 Å². The SMILES string of the molecule is NCCCNC(=O)c1ccc(NC(=O)Nc2cccc3cccnc23)cc1. The highest BCUT2D eigenvalue weighted by atomic mass is 16.2. The average molecular weight is 363 g/mol. The van der Waals surface area contributed by atoms with Gasteiger partial charge in [-0.1, -0.05) is 18.2 Å². The summed E-state index contributed by atoms with van der Waals surface area (Å²) in [4.78, 5) is 28.5. The zero-order chi connectivity index (χ0) is 19.1. The minimum Gasteiger partial charge on any atom is -0.352 e. The number of nitrogens with one attached hydrogen (secondary N) is 3. The summed E-state index contributed by atoms with van der Waals surface area (Å²) in [6.07, 6.45) is 2.41. The molecule has 0 unspecified atom stereocenters. The first-order valence-electron chi connectivity index (χ1n) is 8.67. The van der Waals surface area contributed by atoms with Crippen molar-refractivity contribution in [2.75, 3.05) is 23.7 Å². The van der Waals surface area contributed by atoms with Crippen LogP contribution < -0.4 is 21.7 Å². The third-order valence-corrected chi connectivity index (χ3v) is 3.95. The smallest absolute Gasteiger partial charge is 0.323 e. The van der Waals surface area contributed by atoms with Crippen LogP contribution in [-0.2, 0) is 0 Å². The van der Waals surface area contributed by atoms with Crippen molar-refractivity contribution in [3.8, 4) is 0 Å². The molecular weight excluding hydrogens is 342 g/mol. The van der Waals surface area contributed by atoms with Gasteiger partial charge in [0.1, 0.15) is 0 Å². The molecule has 0 bridgehead atoms. The fourth-order valence-corrected chi connectivity index (χ4v) is 2.60. The van der Waals surface area contributed by atoms with Gasteiger partial charge in [0.05, 0.1) is 11.2 Å². The van der Waals surface area contributed by atoms with Crippen LogP contribution in [0.3, 0.4) is 0 Å². The van der Waals surface area contributed by atoms with Gasteiger partial charge >= 0.3 is 6.03 Å². The lowest BCUT2D eigenvalue weighted by Gasteiger charge is -2.10. The number of nitrogens with zero attached hydrogens (tertiary/aromatic N) is 1. The Morgan fingerprint density at radius 2 is 1.74 bits per heavy atom. The van der Waals surface area contributed by atoms with Gasteiger partial charge in [0.25, 0.3) is 5.91 Å². The number of pyridine rings is 1. The third kappa shape index (κ3) is 4.80. The first-order chi connectivity index (χ1) is 13.2. The number of fused-ring (bicyclic) bond motifs is 1. The van der Waals surface area contributed by atoms with E-state index >= 15 is 0 Å². The molecule has 2 aromatic carbocycles. The molecule has 0 radical (unpaired) electrons. The van der Waals surface area contributed by atoms with Crippen LogP contribution in [0.25, 0.3) is 10.9 Å². The van der Waals surface area contributed by atoms with Crippen molar-refractivity contribution in [1.82, 2.24) is 10.3 Å². The number of benzene rings is 2. The molecule has 138 valence electrons. The monoisotopic (exact) mass is 363 g/mol. The Hall–Kier alpha value is -3.45. The summed E-state index contributed by atoms with van der Waals surface area (Å²) in [6, 6.07) is 15.7. The van der Waals surface area contributed by atoms with Crippen LogP contribution in [0.15, 0.2) is 60.8 Å². The summed E-state index contributed by atoms with van der Waals surface area (Å²) in [5.41, 5.74) is 7.86. The van der Waals surface area contributed by atoms with Crippen molar-refractivity contribution in [3.05, 3.63) is 66.4 Å². The molecule has 0 aliphatic carbocycles. The molecule has 0 aliphatic rings. The number of anilines is 2. The van der Waals surface area contributed by atoms with Crippen LogP contribution >= 0.6 is 0 Å². The van der Waals surface area contributed by atoms with Gasteiger partial charge < -0.3 is 21.7 Å². The number of nitrogens with two attached hydrogens (primary N) is 1. The number of hydrogen-bond acceptors (Lipinski definition) is 4. The maximum absolute atomic E-state index is 12.3. The van der Waals surface area contributed by atoms with E-state index in [0.717, 1.165) is 17.3 Å². The van der Waals surface area contributed by atoms with E-state index in [0.29, 0.717) is 30.0 Å². The summed E-state index contributed by atoms with van der Waals surface area (Å²) in [7, 11) is 0. The van der Waals surface area contributed by atoms with Crippen LogP contribution in [0.4, 0.5) is 16.2 Å². The third-order valence-electron chi connectivity index (χ3n) is 3.95. The molecule has 7 nitrogen and oxygen atoms in total. The van der Waals surface area contributed by atoms with Crippen LogP contribution in [-0.4, -0.2) is 30.0 Å². The molecule has 0 fully saturated rings. The first-order valence-corrected chi connectivity index (χ1v) is 8.67. The highest BCUT2D eigenvalue weighted by molar-refractivity contribution is 6.05. The van der Waals surface area contributed by atoms with E-state index in [1.807, 2.05) is 24.3 Å². The fourth-order valence-electron chi connectivity index (χ4n) is 2.60. The largest absolute Gasteiger partial charge is 0.352 e. The minimum atomic E-state index is -0.381. The number of urea groups is 1. The van der Waals surface area contributed by atoms with Crippen molar-refractivity contribution in [2.45, 2.75) is 6.42 Å². The van der Waals surface area contributed by atoms with Gasteiger partial charge in [-0.15, -0.1) is 0 Å². The Morgan fingerprint density at radius 3 is 2.52 bits per heavy atom. The van der Waals surface area contributed by atoms with Crippen molar-refractivity contribution in [1.29, 1.82) is 0 Å². The molecule has 0 saturated heterocycles. The molecule has 1 aromatic heterocycles. The van der Waals surface area contributed by atoms with E-state index in [1.165, 1.54) is 0 Å². The van der Waals surface area contributed by atoms with Crippen LogP contribution in [0.5, 0.6) is 0 Å². The van der Waals surface area contributed by atoms with Gasteiger partial charge in [-0.05, 0) is 49.4 Å². The van der Waals surface area contributed by atoms with Crippen molar-refractivity contribution in [3.63, 3.8) is 0 Å². The number of aromatic nitrogens is 1. The number of rotatable bonds is 6. The normalized spacial score (nSPS) is 10.4. The lowest BCUT2D eigenvalue weighted by molar-refractivity contribution is 0.0953. The van der Waals surface area contributed by atoms with E-state index < -0.39 is 0 Å². The highest BCUT2D eigenvalue weighted by Crippen LogP contribution is 2.21. The lowest BCUT2D eigenvalue weighted by atomic mass is 10.2. The summed E-state index contributed by atoms with van der Waals surface area (Å²) < 4.78 is 0. The number of carbonyl (C=O) groups is 2. The van der Waals surface area contributed by atoms with E-state index in [4.69, 9.17) is 5.73 Å². The number of hydrogen-bond donors (Lipinski definition) is 4. The summed E-state index contributed by atoms with van der Waals surface area (Å²) in [6.45, 7) is 1.07. The standard InChI is InChI=1S/C20H21N5O2/c21-11-3-13-23-19(26)15-7-9-16(10-8-15)24-20(27)25-17-6-1-4-14-5-2-12-22-18(14)17/h1-2,4-10,12H,3,11,13,21H2,(H,23,26)(H2,24,25,27). The Labute approximate surface area is 157 Å². The van der Waals surface area contributed by atoms with Gasteiger partial charge in [0.15, 0.2) is 0 Å².